The quantitative estimate of drug-likeness (QED) is 0.884. The molecule has 0 aliphatic heterocycles. The van der Waals surface area contributed by atoms with Crippen LogP contribution in [0, 0.1) is 13.8 Å². The summed E-state index contributed by atoms with van der Waals surface area (Å²) in [6.45, 7) is 2.66. The molecule has 0 amide bonds. The van der Waals surface area contributed by atoms with Gasteiger partial charge in [0, 0.05) is 6.04 Å². The van der Waals surface area contributed by atoms with Crippen LogP contribution in [-0.2, 0) is 11.2 Å². The minimum Gasteiger partial charge on any atom is -0.370 e. The van der Waals surface area contributed by atoms with Gasteiger partial charge in [0.2, 0.25) is 0 Å². The SMILES string of the molecule is Cc1ccc(CC(N)COCC(F)(F)F)cc1C. The van der Waals surface area contributed by atoms with Crippen LogP contribution in [-0.4, -0.2) is 25.4 Å². The van der Waals surface area contributed by atoms with Crippen LogP contribution in [0.15, 0.2) is 18.2 Å². The molecule has 0 aliphatic rings. The van der Waals surface area contributed by atoms with E-state index < -0.39 is 18.8 Å². The van der Waals surface area contributed by atoms with Crippen molar-refractivity contribution >= 4 is 0 Å². The highest BCUT2D eigenvalue weighted by molar-refractivity contribution is 5.30. The summed E-state index contributed by atoms with van der Waals surface area (Å²) in [7, 11) is 0. The molecule has 0 aliphatic carbocycles. The van der Waals surface area contributed by atoms with Crippen LogP contribution in [0.4, 0.5) is 13.2 Å². The number of aryl methyl sites for hydroxylation is 2. The number of rotatable bonds is 5. The van der Waals surface area contributed by atoms with Crippen molar-refractivity contribution in [3.63, 3.8) is 0 Å². The van der Waals surface area contributed by atoms with E-state index in [1.54, 1.807) is 0 Å². The molecule has 0 saturated carbocycles. The molecule has 102 valence electrons. The molecular weight excluding hydrogens is 243 g/mol. The maximum Gasteiger partial charge on any atom is 0.411 e. The lowest BCUT2D eigenvalue weighted by Gasteiger charge is -2.14. The van der Waals surface area contributed by atoms with Crippen LogP contribution in [0.1, 0.15) is 16.7 Å². The van der Waals surface area contributed by atoms with Gasteiger partial charge in [-0.3, -0.25) is 0 Å². The van der Waals surface area contributed by atoms with Crippen molar-refractivity contribution in [3.8, 4) is 0 Å². The van der Waals surface area contributed by atoms with Gasteiger partial charge in [-0.1, -0.05) is 18.2 Å². The second-order valence-electron chi connectivity index (χ2n) is 4.51. The Kier molecular flexibility index (Phi) is 5.16. The van der Waals surface area contributed by atoms with Gasteiger partial charge in [-0.25, -0.2) is 0 Å². The van der Waals surface area contributed by atoms with Crippen molar-refractivity contribution in [2.24, 2.45) is 5.73 Å². The molecule has 0 radical (unpaired) electrons. The monoisotopic (exact) mass is 261 g/mol. The van der Waals surface area contributed by atoms with Crippen molar-refractivity contribution in [3.05, 3.63) is 34.9 Å². The third-order valence-corrected chi connectivity index (χ3v) is 2.67. The zero-order valence-corrected chi connectivity index (χ0v) is 10.6. The average molecular weight is 261 g/mol. The van der Waals surface area contributed by atoms with Gasteiger partial charge in [-0.15, -0.1) is 0 Å². The van der Waals surface area contributed by atoms with E-state index in [0.29, 0.717) is 6.42 Å². The summed E-state index contributed by atoms with van der Waals surface area (Å²) in [6, 6.07) is 5.49. The minimum atomic E-state index is -4.29. The van der Waals surface area contributed by atoms with Crippen LogP contribution in [0.3, 0.4) is 0 Å². The highest BCUT2D eigenvalue weighted by Crippen LogP contribution is 2.15. The summed E-state index contributed by atoms with van der Waals surface area (Å²) in [5.41, 5.74) is 9.08. The molecule has 1 unspecified atom stereocenters. The van der Waals surface area contributed by atoms with E-state index in [-0.39, 0.29) is 6.61 Å². The summed E-state index contributed by atoms with van der Waals surface area (Å²) >= 11 is 0. The molecule has 0 bridgehead atoms. The summed E-state index contributed by atoms with van der Waals surface area (Å²) in [5.74, 6) is 0. The van der Waals surface area contributed by atoms with E-state index in [4.69, 9.17) is 5.73 Å². The topological polar surface area (TPSA) is 35.2 Å². The first kappa shape index (κ1) is 15.0. The molecule has 18 heavy (non-hydrogen) atoms. The summed E-state index contributed by atoms with van der Waals surface area (Å²) in [4.78, 5) is 0. The van der Waals surface area contributed by atoms with Crippen LogP contribution in [0.2, 0.25) is 0 Å². The third kappa shape index (κ3) is 5.51. The first-order chi connectivity index (χ1) is 8.28. The molecule has 5 heteroatoms. The Morgan fingerprint density at radius 2 is 1.89 bits per heavy atom. The van der Waals surface area contributed by atoms with Crippen LogP contribution < -0.4 is 5.73 Å². The fourth-order valence-electron chi connectivity index (χ4n) is 1.62. The predicted molar refractivity (Wildman–Crippen MR) is 64.5 cm³/mol. The normalized spacial score (nSPS) is 13.7. The average Bonchev–Trinajstić information content (AvgIpc) is 2.21. The minimum absolute atomic E-state index is 0.0908. The number of hydrogen-bond donors (Lipinski definition) is 1. The second kappa shape index (κ2) is 6.20. The number of benzene rings is 1. The molecule has 1 aromatic rings. The van der Waals surface area contributed by atoms with Gasteiger partial charge in [0.05, 0.1) is 6.61 Å². The summed E-state index contributed by atoms with van der Waals surface area (Å²) in [6.07, 6.45) is -3.78. The Hall–Kier alpha value is -1.07. The maximum absolute atomic E-state index is 11.9. The molecule has 0 spiro atoms. The van der Waals surface area contributed by atoms with Gasteiger partial charge in [-0.2, -0.15) is 13.2 Å². The number of ether oxygens (including phenoxy) is 1. The maximum atomic E-state index is 11.9. The van der Waals surface area contributed by atoms with E-state index in [1.807, 2.05) is 32.0 Å². The van der Waals surface area contributed by atoms with E-state index in [0.717, 1.165) is 11.1 Å². The number of halogens is 3. The molecule has 2 N–H and O–H groups in total. The second-order valence-corrected chi connectivity index (χ2v) is 4.51. The lowest BCUT2D eigenvalue weighted by atomic mass is 10.0. The van der Waals surface area contributed by atoms with Gasteiger partial charge in [0.25, 0.3) is 0 Å². The fourth-order valence-corrected chi connectivity index (χ4v) is 1.62. The van der Waals surface area contributed by atoms with Gasteiger partial charge < -0.3 is 10.5 Å². The van der Waals surface area contributed by atoms with Crippen molar-refractivity contribution < 1.29 is 17.9 Å². The summed E-state index contributed by atoms with van der Waals surface area (Å²) in [5, 5.41) is 0. The standard InChI is InChI=1S/C13H18F3NO/c1-9-3-4-11(5-10(9)2)6-12(17)7-18-8-13(14,15)16/h3-5,12H,6-8,17H2,1-2H3. The molecule has 2 nitrogen and oxygen atoms in total. The smallest absolute Gasteiger partial charge is 0.370 e. The highest BCUT2D eigenvalue weighted by atomic mass is 19.4. The van der Waals surface area contributed by atoms with Crippen molar-refractivity contribution in [2.45, 2.75) is 32.5 Å². The number of nitrogens with two attached hydrogens (primary N) is 1. The lowest BCUT2D eigenvalue weighted by Crippen LogP contribution is -2.31. The molecule has 0 saturated heterocycles. The Bertz CT molecular complexity index is 390. The van der Waals surface area contributed by atoms with Crippen molar-refractivity contribution in [1.82, 2.24) is 0 Å². The molecule has 0 fully saturated rings. The molecule has 1 aromatic carbocycles. The first-order valence-electron chi connectivity index (χ1n) is 5.74. The Morgan fingerprint density at radius 1 is 1.22 bits per heavy atom. The van der Waals surface area contributed by atoms with Crippen LogP contribution in [0.25, 0.3) is 0 Å². The van der Waals surface area contributed by atoms with E-state index in [2.05, 4.69) is 4.74 Å². The molecule has 0 heterocycles. The molecule has 0 aromatic heterocycles. The van der Waals surface area contributed by atoms with E-state index in [9.17, 15) is 13.2 Å². The predicted octanol–water partition coefficient (Wildman–Crippen LogP) is 2.75. The fraction of sp³-hybridized carbons (Fsp3) is 0.538. The molecule has 1 atom stereocenters. The van der Waals surface area contributed by atoms with E-state index >= 15 is 0 Å². The third-order valence-electron chi connectivity index (χ3n) is 2.67. The van der Waals surface area contributed by atoms with Gasteiger partial charge >= 0.3 is 6.18 Å². The summed E-state index contributed by atoms with van der Waals surface area (Å²) < 4.78 is 40.1. The molecule has 1 rings (SSSR count). The van der Waals surface area contributed by atoms with Gasteiger partial charge in [0.1, 0.15) is 6.61 Å². The van der Waals surface area contributed by atoms with Crippen LogP contribution >= 0.6 is 0 Å². The van der Waals surface area contributed by atoms with E-state index in [1.165, 1.54) is 5.56 Å². The zero-order chi connectivity index (χ0) is 13.8. The highest BCUT2D eigenvalue weighted by Gasteiger charge is 2.27. The van der Waals surface area contributed by atoms with Crippen molar-refractivity contribution in [2.75, 3.05) is 13.2 Å². The van der Waals surface area contributed by atoms with Crippen molar-refractivity contribution in [1.29, 1.82) is 0 Å². The number of hydrogen-bond acceptors (Lipinski definition) is 2. The Labute approximate surface area is 105 Å². The lowest BCUT2D eigenvalue weighted by molar-refractivity contribution is -0.174. The Balaban J connectivity index is 2.40. The van der Waals surface area contributed by atoms with Gasteiger partial charge in [0.15, 0.2) is 0 Å². The molecular formula is C13H18F3NO. The largest absolute Gasteiger partial charge is 0.411 e. The first-order valence-corrected chi connectivity index (χ1v) is 5.74. The number of alkyl halides is 3. The van der Waals surface area contributed by atoms with Crippen LogP contribution in [0.5, 0.6) is 0 Å². The van der Waals surface area contributed by atoms with Gasteiger partial charge in [-0.05, 0) is 37.0 Å². The Morgan fingerprint density at radius 3 is 2.44 bits per heavy atom. The zero-order valence-electron chi connectivity index (χ0n) is 10.6.